The van der Waals surface area contributed by atoms with Gasteiger partial charge in [-0.05, 0) is 72.8 Å². The summed E-state index contributed by atoms with van der Waals surface area (Å²) in [5.41, 5.74) is 3.27. The molecule has 0 heterocycles. The molecule has 4 rings (SSSR count). The maximum absolute atomic E-state index is 10.8. The van der Waals surface area contributed by atoms with Gasteiger partial charge in [-0.1, -0.05) is 19.1 Å². The van der Waals surface area contributed by atoms with E-state index >= 15 is 0 Å². The smallest absolute Gasteiger partial charge is 0.115 e. The van der Waals surface area contributed by atoms with Crippen molar-refractivity contribution in [2.24, 2.45) is 17.3 Å². The van der Waals surface area contributed by atoms with Gasteiger partial charge in [-0.25, -0.2) is 0 Å². The third-order valence-corrected chi connectivity index (χ3v) is 6.53. The third kappa shape index (κ3) is 1.76. The van der Waals surface area contributed by atoms with Crippen LogP contribution < -0.4 is 0 Å². The molecule has 3 heteroatoms. The van der Waals surface area contributed by atoms with E-state index in [-0.39, 0.29) is 29.1 Å². The van der Waals surface area contributed by atoms with E-state index < -0.39 is 6.10 Å². The van der Waals surface area contributed by atoms with Crippen molar-refractivity contribution in [2.75, 3.05) is 0 Å². The van der Waals surface area contributed by atoms with Crippen LogP contribution in [0.15, 0.2) is 29.8 Å². The molecule has 1 aromatic carbocycles. The van der Waals surface area contributed by atoms with Gasteiger partial charge in [-0.3, -0.25) is 0 Å². The first-order valence-electron chi connectivity index (χ1n) is 8.28. The Labute approximate surface area is 131 Å². The molecule has 118 valence electrons. The molecule has 0 aromatic heterocycles. The summed E-state index contributed by atoms with van der Waals surface area (Å²) in [5.74, 6) is 1.00. The first-order chi connectivity index (χ1) is 10.4. The van der Waals surface area contributed by atoms with Gasteiger partial charge in [0.2, 0.25) is 0 Å². The Morgan fingerprint density at radius 3 is 2.77 bits per heavy atom. The minimum Gasteiger partial charge on any atom is -0.508 e. The first-order valence-corrected chi connectivity index (χ1v) is 8.28. The summed E-state index contributed by atoms with van der Waals surface area (Å²) in [6.07, 6.45) is 3.98. The molecule has 3 N–H and O–H groups in total. The molecule has 3 unspecified atom stereocenters. The predicted molar refractivity (Wildman–Crippen MR) is 84.6 cm³/mol. The minimum atomic E-state index is -0.404. The van der Waals surface area contributed by atoms with Gasteiger partial charge in [-0.2, -0.15) is 0 Å². The summed E-state index contributed by atoms with van der Waals surface area (Å²) in [7, 11) is 0. The highest BCUT2D eigenvalue weighted by atomic mass is 16.3. The molecule has 0 bridgehead atoms. The minimum absolute atomic E-state index is 0.138. The zero-order chi connectivity index (χ0) is 15.6. The Bertz CT molecular complexity index is 650. The number of hydrogen-bond acceptors (Lipinski definition) is 3. The number of rotatable bonds is 0. The van der Waals surface area contributed by atoms with Crippen molar-refractivity contribution in [3.8, 4) is 5.75 Å². The quantitative estimate of drug-likeness (QED) is 0.646. The number of benzene rings is 1. The van der Waals surface area contributed by atoms with Crippen molar-refractivity contribution in [3.05, 3.63) is 41.0 Å². The third-order valence-electron chi connectivity index (χ3n) is 6.53. The number of aromatic hydroxyl groups is 1. The number of allylic oxidation sites excluding steroid dienone is 1. The molecule has 6 atom stereocenters. The fourth-order valence-corrected chi connectivity index (χ4v) is 5.39. The highest BCUT2D eigenvalue weighted by molar-refractivity contribution is 5.42. The zero-order valence-corrected chi connectivity index (χ0v) is 13.2. The summed E-state index contributed by atoms with van der Waals surface area (Å²) in [6, 6.07) is 5.58. The highest BCUT2D eigenvalue weighted by Crippen LogP contribution is 2.60. The van der Waals surface area contributed by atoms with Gasteiger partial charge in [0.1, 0.15) is 5.75 Å². The van der Waals surface area contributed by atoms with Crippen molar-refractivity contribution >= 4 is 0 Å². The van der Waals surface area contributed by atoms with E-state index in [1.165, 1.54) is 5.56 Å². The van der Waals surface area contributed by atoms with E-state index in [0.717, 1.165) is 24.0 Å². The van der Waals surface area contributed by atoms with Crippen molar-refractivity contribution in [2.45, 2.75) is 51.2 Å². The number of aliphatic hydroxyl groups is 2. The fourth-order valence-electron chi connectivity index (χ4n) is 5.39. The molecule has 3 nitrogen and oxygen atoms in total. The largest absolute Gasteiger partial charge is 0.508 e. The lowest BCUT2D eigenvalue weighted by molar-refractivity contribution is -0.0549. The highest BCUT2D eigenvalue weighted by Gasteiger charge is 2.56. The number of hydrogen-bond donors (Lipinski definition) is 3. The lowest BCUT2D eigenvalue weighted by Crippen LogP contribution is -2.49. The normalized spacial score (nSPS) is 43.1. The van der Waals surface area contributed by atoms with Crippen LogP contribution in [0.2, 0.25) is 0 Å². The second-order valence-electron chi connectivity index (χ2n) is 7.72. The SMILES string of the molecule is CC1=CC2C3C(CC[C@]2(C)[C@H]1O)c1ccc(O)cc1C[C@@H]3O. The maximum Gasteiger partial charge on any atom is 0.115 e. The molecule has 0 amide bonds. The van der Waals surface area contributed by atoms with E-state index in [4.69, 9.17) is 0 Å². The van der Waals surface area contributed by atoms with Gasteiger partial charge in [0.05, 0.1) is 12.2 Å². The zero-order valence-electron chi connectivity index (χ0n) is 13.2. The van der Waals surface area contributed by atoms with Crippen LogP contribution in [-0.2, 0) is 6.42 Å². The van der Waals surface area contributed by atoms with E-state index in [2.05, 4.69) is 13.0 Å². The Hall–Kier alpha value is -1.32. The van der Waals surface area contributed by atoms with Crippen molar-refractivity contribution < 1.29 is 15.3 Å². The van der Waals surface area contributed by atoms with Gasteiger partial charge in [0.15, 0.2) is 0 Å². The van der Waals surface area contributed by atoms with E-state index in [9.17, 15) is 15.3 Å². The molecule has 0 spiro atoms. The van der Waals surface area contributed by atoms with Crippen LogP contribution in [0.1, 0.15) is 43.7 Å². The lowest BCUT2D eigenvalue weighted by Gasteiger charge is -2.51. The summed E-state index contributed by atoms with van der Waals surface area (Å²) >= 11 is 0. The molecular weight excluding hydrogens is 276 g/mol. The summed E-state index contributed by atoms with van der Waals surface area (Å²) < 4.78 is 0. The Balaban J connectivity index is 1.79. The van der Waals surface area contributed by atoms with Gasteiger partial charge >= 0.3 is 0 Å². The van der Waals surface area contributed by atoms with Crippen LogP contribution in [0, 0.1) is 17.3 Å². The number of aliphatic hydroxyl groups excluding tert-OH is 2. The summed E-state index contributed by atoms with van der Waals surface area (Å²) in [4.78, 5) is 0. The summed E-state index contributed by atoms with van der Waals surface area (Å²) in [5, 5.41) is 31.1. The average Bonchev–Trinajstić information content (AvgIpc) is 2.70. The molecule has 1 fully saturated rings. The molecule has 3 aliphatic carbocycles. The summed E-state index contributed by atoms with van der Waals surface area (Å²) in [6.45, 7) is 4.18. The number of phenolic OH excluding ortho intramolecular Hbond substituents is 1. The Kier molecular flexibility index (Phi) is 2.98. The predicted octanol–water partition coefficient (Wildman–Crippen LogP) is 2.75. The van der Waals surface area contributed by atoms with Crippen LogP contribution in [0.4, 0.5) is 0 Å². The van der Waals surface area contributed by atoms with Crippen LogP contribution >= 0.6 is 0 Å². The second-order valence-corrected chi connectivity index (χ2v) is 7.72. The monoisotopic (exact) mass is 300 g/mol. The van der Waals surface area contributed by atoms with Crippen molar-refractivity contribution in [3.63, 3.8) is 0 Å². The molecule has 3 aliphatic rings. The lowest BCUT2D eigenvalue weighted by atomic mass is 9.54. The van der Waals surface area contributed by atoms with E-state index in [0.29, 0.717) is 12.3 Å². The van der Waals surface area contributed by atoms with Gasteiger partial charge in [0, 0.05) is 5.41 Å². The number of fused-ring (bicyclic) bond motifs is 5. The van der Waals surface area contributed by atoms with Crippen LogP contribution in [0.3, 0.4) is 0 Å². The molecule has 0 saturated heterocycles. The fraction of sp³-hybridized carbons (Fsp3) is 0.579. The van der Waals surface area contributed by atoms with Crippen molar-refractivity contribution in [1.29, 1.82) is 0 Å². The molecule has 0 aliphatic heterocycles. The van der Waals surface area contributed by atoms with Crippen LogP contribution in [0.25, 0.3) is 0 Å². The van der Waals surface area contributed by atoms with Gasteiger partial charge in [-0.15, -0.1) is 0 Å². The van der Waals surface area contributed by atoms with Crippen LogP contribution in [0.5, 0.6) is 5.75 Å². The van der Waals surface area contributed by atoms with Crippen molar-refractivity contribution in [1.82, 2.24) is 0 Å². The number of phenols is 1. The Morgan fingerprint density at radius 2 is 2.00 bits per heavy atom. The molecule has 1 saturated carbocycles. The molecular formula is C19H24O3. The standard InChI is InChI=1S/C19H24O3/c1-10-7-15-17-14(5-6-19(15,2)18(10)22)13-4-3-12(20)8-11(13)9-16(17)21/h3-4,7-8,14-18,20-22H,5-6,9H2,1-2H3/t14?,15?,16-,17?,18-,19-/m0/s1. The molecule has 0 radical (unpaired) electrons. The van der Waals surface area contributed by atoms with Gasteiger partial charge in [0.25, 0.3) is 0 Å². The molecule has 1 aromatic rings. The first kappa shape index (κ1) is 14.3. The Morgan fingerprint density at radius 1 is 1.23 bits per heavy atom. The van der Waals surface area contributed by atoms with E-state index in [1.54, 1.807) is 12.1 Å². The topological polar surface area (TPSA) is 60.7 Å². The maximum atomic E-state index is 10.8. The average molecular weight is 300 g/mol. The second kappa shape index (κ2) is 4.59. The van der Waals surface area contributed by atoms with E-state index in [1.807, 2.05) is 13.0 Å². The van der Waals surface area contributed by atoms with Crippen LogP contribution in [-0.4, -0.2) is 27.5 Å². The molecule has 22 heavy (non-hydrogen) atoms. The van der Waals surface area contributed by atoms with Gasteiger partial charge < -0.3 is 15.3 Å².